The Bertz CT molecular complexity index is 920. The van der Waals surface area contributed by atoms with E-state index in [1.165, 1.54) is 0 Å². The van der Waals surface area contributed by atoms with E-state index in [1.54, 1.807) is 0 Å². The van der Waals surface area contributed by atoms with Crippen LogP contribution in [0.25, 0.3) is 0 Å². The molecule has 0 atom stereocenters. The van der Waals surface area contributed by atoms with Crippen molar-refractivity contribution in [2.24, 2.45) is 0 Å². The van der Waals surface area contributed by atoms with Gasteiger partial charge in [0.2, 0.25) is 9.84 Å². The van der Waals surface area contributed by atoms with E-state index in [-0.39, 0.29) is 11.8 Å². The maximum atomic E-state index is 13.1. The molecular formula is C14H10F6N2O2S. The molecule has 0 aliphatic rings. The predicted molar refractivity (Wildman–Crippen MR) is 77.2 cm³/mol. The molecule has 0 heterocycles. The fourth-order valence-corrected chi connectivity index (χ4v) is 3.61. The molecule has 2 aromatic rings. The third kappa shape index (κ3) is 3.81. The minimum atomic E-state index is -5.08. The Hall–Kier alpha value is -2.43. The molecule has 0 bridgehead atoms. The highest BCUT2D eigenvalue weighted by Gasteiger charge is 2.39. The van der Waals surface area contributed by atoms with Crippen LogP contribution in [0.4, 0.5) is 37.7 Å². The van der Waals surface area contributed by atoms with Gasteiger partial charge in [0.1, 0.15) is 0 Å². The van der Waals surface area contributed by atoms with Gasteiger partial charge < -0.3 is 11.5 Å². The molecule has 0 saturated carbocycles. The first kappa shape index (κ1) is 18.9. The second kappa shape index (κ2) is 5.83. The van der Waals surface area contributed by atoms with Crippen molar-refractivity contribution in [2.75, 3.05) is 11.5 Å². The van der Waals surface area contributed by atoms with Crippen LogP contribution in [0.2, 0.25) is 0 Å². The van der Waals surface area contributed by atoms with Gasteiger partial charge in [-0.2, -0.15) is 26.3 Å². The summed E-state index contributed by atoms with van der Waals surface area (Å²) < 4.78 is 103. The number of nitrogen functional groups attached to an aromatic ring is 2. The quantitative estimate of drug-likeness (QED) is 0.610. The molecule has 4 nitrogen and oxygen atoms in total. The van der Waals surface area contributed by atoms with Crippen LogP contribution in [0, 0.1) is 0 Å². The van der Waals surface area contributed by atoms with Crippen LogP contribution in [0.15, 0.2) is 46.2 Å². The van der Waals surface area contributed by atoms with Crippen LogP contribution in [-0.4, -0.2) is 8.42 Å². The maximum absolute atomic E-state index is 13.1. The van der Waals surface area contributed by atoms with Crippen molar-refractivity contribution in [3.63, 3.8) is 0 Å². The van der Waals surface area contributed by atoms with Gasteiger partial charge in [0.05, 0.1) is 20.9 Å². The molecule has 0 aliphatic carbocycles. The summed E-state index contributed by atoms with van der Waals surface area (Å²) in [7, 11) is -4.93. The van der Waals surface area contributed by atoms with E-state index >= 15 is 0 Å². The molecule has 25 heavy (non-hydrogen) atoms. The first-order valence-corrected chi connectivity index (χ1v) is 7.91. The van der Waals surface area contributed by atoms with Crippen LogP contribution < -0.4 is 11.5 Å². The highest BCUT2D eigenvalue weighted by Crippen LogP contribution is 2.39. The molecule has 0 saturated heterocycles. The van der Waals surface area contributed by atoms with Gasteiger partial charge in [-0.05, 0) is 36.4 Å². The molecule has 2 aromatic carbocycles. The van der Waals surface area contributed by atoms with Crippen LogP contribution in [-0.2, 0) is 22.2 Å². The number of benzene rings is 2. The number of hydrogen-bond donors (Lipinski definition) is 2. The van der Waals surface area contributed by atoms with Crippen LogP contribution in [0.1, 0.15) is 11.1 Å². The molecular weight excluding hydrogens is 374 g/mol. The zero-order valence-corrected chi connectivity index (χ0v) is 12.9. The fourth-order valence-electron chi connectivity index (χ4n) is 2.07. The summed E-state index contributed by atoms with van der Waals surface area (Å²) in [6.07, 6.45) is -10.0. The highest BCUT2D eigenvalue weighted by atomic mass is 32.2. The van der Waals surface area contributed by atoms with Crippen LogP contribution in [0.3, 0.4) is 0 Å². The van der Waals surface area contributed by atoms with E-state index in [1.807, 2.05) is 0 Å². The second-order valence-electron chi connectivity index (χ2n) is 5.05. The first-order valence-electron chi connectivity index (χ1n) is 6.42. The van der Waals surface area contributed by atoms with Gasteiger partial charge in [-0.1, -0.05) is 0 Å². The standard InChI is InChI=1S/C14H10F6N2O2S/c15-13(16,17)7-3-9(22)5-10(4-7)25(23,24)12-2-1-8(21)6-11(12)14(18,19)20/h1-6H,21-22H2. The molecule has 136 valence electrons. The molecule has 0 fully saturated rings. The number of nitrogens with two attached hydrogens (primary N) is 2. The Morgan fingerprint density at radius 1 is 0.760 bits per heavy atom. The van der Waals surface area contributed by atoms with Gasteiger partial charge in [-0.15, -0.1) is 0 Å². The summed E-state index contributed by atoms with van der Waals surface area (Å²) in [6.45, 7) is 0. The topological polar surface area (TPSA) is 86.2 Å². The average Bonchev–Trinajstić information content (AvgIpc) is 2.44. The minimum absolute atomic E-state index is 0.224. The van der Waals surface area contributed by atoms with Crippen molar-refractivity contribution in [3.8, 4) is 0 Å². The van der Waals surface area contributed by atoms with Gasteiger partial charge in [0.25, 0.3) is 0 Å². The number of sulfone groups is 1. The molecule has 0 aliphatic heterocycles. The summed E-state index contributed by atoms with van der Waals surface area (Å²) >= 11 is 0. The molecule has 0 aromatic heterocycles. The Kier molecular flexibility index (Phi) is 4.41. The van der Waals surface area contributed by atoms with E-state index < -0.39 is 48.8 Å². The molecule has 11 heteroatoms. The van der Waals surface area contributed by atoms with Crippen molar-refractivity contribution < 1.29 is 34.8 Å². The normalized spacial score (nSPS) is 13.0. The summed E-state index contributed by atoms with van der Waals surface area (Å²) in [5.41, 5.74) is 6.64. The lowest BCUT2D eigenvalue weighted by Gasteiger charge is -2.15. The lowest BCUT2D eigenvalue weighted by atomic mass is 10.2. The zero-order chi connectivity index (χ0) is 19.2. The number of halogens is 6. The average molecular weight is 384 g/mol. The Morgan fingerprint density at radius 2 is 1.36 bits per heavy atom. The maximum Gasteiger partial charge on any atom is 0.417 e. The second-order valence-corrected chi connectivity index (χ2v) is 6.96. The predicted octanol–water partition coefficient (Wildman–Crippen LogP) is 3.72. The van der Waals surface area contributed by atoms with Gasteiger partial charge in [-0.3, -0.25) is 0 Å². The van der Waals surface area contributed by atoms with Gasteiger partial charge in [0, 0.05) is 11.4 Å². The molecule has 0 spiro atoms. The number of anilines is 2. The molecule has 0 unspecified atom stereocenters. The van der Waals surface area contributed by atoms with Crippen LogP contribution in [0.5, 0.6) is 0 Å². The highest BCUT2D eigenvalue weighted by molar-refractivity contribution is 7.91. The Morgan fingerprint density at radius 3 is 1.88 bits per heavy atom. The summed E-state index contributed by atoms with van der Waals surface area (Å²) in [4.78, 5) is -2.22. The monoisotopic (exact) mass is 384 g/mol. The summed E-state index contributed by atoms with van der Waals surface area (Å²) in [5, 5.41) is 0. The fraction of sp³-hybridized carbons (Fsp3) is 0.143. The van der Waals surface area contributed by atoms with Gasteiger partial charge in [0.15, 0.2) is 0 Å². The van der Waals surface area contributed by atoms with Gasteiger partial charge >= 0.3 is 12.4 Å². The Labute approximate surface area is 138 Å². The van der Waals surface area contributed by atoms with Crippen molar-refractivity contribution in [1.82, 2.24) is 0 Å². The number of alkyl halides is 6. The van der Waals surface area contributed by atoms with E-state index in [0.717, 1.165) is 6.07 Å². The number of rotatable bonds is 2. The SMILES string of the molecule is Nc1cc(C(F)(F)F)cc(S(=O)(=O)c2ccc(N)cc2C(F)(F)F)c1. The van der Waals surface area contributed by atoms with E-state index in [4.69, 9.17) is 11.5 Å². The van der Waals surface area contributed by atoms with Crippen molar-refractivity contribution >= 4 is 21.2 Å². The van der Waals surface area contributed by atoms with Gasteiger partial charge in [-0.25, -0.2) is 8.42 Å². The van der Waals surface area contributed by atoms with E-state index in [9.17, 15) is 34.8 Å². The number of hydrogen-bond acceptors (Lipinski definition) is 4. The molecule has 4 N–H and O–H groups in total. The van der Waals surface area contributed by atoms with Crippen molar-refractivity contribution in [2.45, 2.75) is 22.1 Å². The third-order valence-electron chi connectivity index (χ3n) is 3.17. The lowest BCUT2D eigenvalue weighted by Crippen LogP contribution is -2.15. The molecule has 0 radical (unpaired) electrons. The Balaban J connectivity index is 2.75. The molecule has 0 amide bonds. The van der Waals surface area contributed by atoms with Crippen molar-refractivity contribution in [3.05, 3.63) is 47.5 Å². The van der Waals surface area contributed by atoms with E-state index in [2.05, 4.69) is 0 Å². The van der Waals surface area contributed by atoms with Crippen molar-refractivity contribution in [1.29, 1.82) is 0 Å². The summed E-state index contributed by atoms with van der Waals surface area (Å²) in [5.74, 6) is 0. The largest absolute Gasteiger partial charge is 0.417 e. The van der Waals surface area contributed by atoms with Crippen LogP contribution >= 0.6 is 0 Å². The zero-order valence-electron chi connectivity index (χ0n) is 12.1. The first-order chi connectivity index (χ1) is 11.2. The van der Waals surface area contributed by atoms with E-state index in [0.29, 0.717) is 24.3 Å². The summed E-state index contributed by atoms with van der Waals surface area (Å²) in [6, 6.07) is 3.24. The lowest BCUT2D eigenvalue weighted by molar-refractivity contribution is -0.140. The third-order valence-corrected chi connectivity index (χ3v) is 4.96. The smallest absolute Gasteiger partial charge is 0.399 e. The minimum Gasteiger partial charge on any atom is -0.399 e. The molecule has 2 rings (SSSR count).